The van der Waals surface area contributed by atoms with Gasteiger partial charge in [0.1, 0.15) is 51.2 Å². The Morgan fingerprint density at radius 1 is 0.296 bits per heavy atom. The molecule has 0 aromatic carbocycles. The van der Waals surface area contributed by atoms with Gasteiger partial charge in [0, 0.05) is 62.2 Å². The van der Waals surface area contributed by atoms with Crippen LogP contribution in [0.5, 0.6) is 0 Å². The van der Waals surface area contributed by atoms with Gasteiger partial charge in [0.05, 0.1) is 26.4 Å². The molecule has 0 amide bonds. The smallest absolute Gasteiger partial charge is 0.305 e. The zero-order valence-corrected chi connectivity index (χ0v) is 33.1. The van der Waals surface area contributed by atoms with Crippen molar-refractivity contribution in [2.45, 2.75) is 119 Å². The van der Waals surface area contributed by atoms with Crippen molar-refractivity contribution in [1.82, 2.24) is 0 Å². The lowest BCUT2D eigenvalue weighted by Gasteiger charge is -2.15. The quantitative estimate of drug-likeness (QED) is 0.0549. The molecule has 0 heterocycles. The molecule has 0 saturated carbocycles. The van der Waals surface area contributed by atoms with E-state index in [9.17, 15) is 38.4 Å². The molecule has 54 heavy (non-hydrogen) atoms. The Morgan fingerprint density at radius 3 is 0.704 bits per heavy atom. The first kappa shape index (κ1) is 50.1. The molecule has 0 fully saturated rings. The first-order chi connectivity index (χ1) is 25.4. The Bertz CT molecular complexity index is 1070. The van der Waals surface area contributed by atoms with Crippen LogP contribution in [0.1, 0.15) is 119 Å². The molecule has 0 aliphatic rings. The number of Topliss-reactive ketones (excluding diaryl/α,β-unsaturated/α-hetero) is 2. The van der Waals surface area contributed by atoms with Crippen molar-refractivity contribution >= 4 is 47.4 Å². The van der Waals surface area contributed by atoms with Gasteiger partial charge in [0.2, 0.25) is 0 Å². The highest BCUT2D eigenvalue weighted by molar-refractivity contribution is 5.84. The Hall–Kier alpha value is -3.92. The zero-order chi connectivity index (χ0) is 40.8. The van der Waals surface area contributed by atoms with Gasteiger partial charge in [-0.25, -0.2) is 0 Å². The normalized spacial score (nSPS) is 11.3. The summed E-state index contributed by atoms with van der Waals surface area (Å²) in [4.78, 5) is 94.4. The summed E-state index contributed by atoms with van der Waals surface area (Å²) in [5.41, 5.74) is -0.887. The first-order valence-electron chi connectivity index (χ1n) is 18.6. The summed E-state index contributed by atoms with van der Waals surface area (Å²) < 4.78 is 40.7. The molecule has 16 heteroatoms. The molecule has 0 saturated heterocycles. The van der Waals surface area contributed by atoms with E-state index < -0.39 is 46.6 Å². The van der Waals surface area contributed by atoms with E-state index >= 15 is 0 Å². The summed E-state index contributed by atoms with van der Waals surface area (Å²) in [7, 11) is 0. The van der Waals surface area contributed by atoms with Gasteiger partial charge in [-0.05, 0) is 25.7 Å². The number of hydrogen-bond acceptors (Lipinski definition) is 16. The van der Waals surface area contributed by atoms with Gasteiger partial charge in [-0.15, -0.1) is 0 Å². The maximum atomic E-state index is 11.9. The van der Waals surface area contributed by atoms with Gasteiger partial charge in [-0.3, -0.25) is 38.4 Å². The lowest BCUT2D eigenvalue weighted by molar-refractivity contribution is -0.153. The Balaban J connectivity index is 3.59. The highest BCUT2D eigenvalue weighted by Gasteiger charge is 2.22. The zero-order valence-electron chi connectivity index (χ0n) is 33.1. The van der Waals surface area contributed by atoms with Gasteiger partial charge < -0.3 is 37.9 Å². The van der Waals surface area contributed by atoms with E-state index in [1.807, 2.05) is 41.5 Å². The van der Waals surface area contributed by atoms with Crippen LogP contribution in [0.3, 0.4) is 0 Å². The molecule has 0 rings (SSSR count). The highest BCUT2D eigenvalue weighted by Crippen LogP contribution is 2.19. The molecule has 0 N–H and O–H groups in total. The van der Waals surface area contributed by atoms with E-state index in [1.54, 1.807) is 0 Å². The number of ketones is 2. The van der Waals surface area contributed by atoms with Crippen LogP contribution >= 0.6 is 0 Å². The van der Waals surface area contributed by atoms with E-state index in [1.165, 1.54) is 0 Å². The highest BCUT2D eigenvalue weighted by atomic mass is 16.6. The van der Waals surface area contributed by atoms with Crippen molar-refractivity contribution in [3.05, 3.63) is 0 Å². The molecule has 0 unspecified atom stereocenters. The van der Waals surface area contributed by atoms with Crippen molar-refractivity contribution in [3.8, 4) is 0 Å². The van der Waals surface area contributed by atoms with Gasteiger partial charge in [-0.2, -0.15) is 0 Å². The second kappa shape index (κ2) is 29.4. The predicted molar refractivity (Wildman–Crippen MR) is 192 cm³/mol. The summed E-state index contributed by atoms with van der Waals surface area (Å²) >= 11 is 0. The average Bonchev–Trinajstić information content (AvgIpc) is 3.08. The van der Waals surface area contributed by atoms with Gasteiger partial charge >= 0.3 is 35.8 Å². The van der Waals surface area contributed by atoms with Crippen molar-refractivity contribution in [2.24, 2.45) is 10.8 Å². The molecule has 0 aliphatic heterocycles. The number of hydrogen-bond donors (Lipinski definition) is 0. The SMILES string of the molecule is CC(C)(C)C(=O)CCCC(=O)OCCOC(=O)CCCC(=O)OCCOCCOCCOC(=O)CCCC(=O)OCCOC(=O)CCCC(=O)C(C)(C)C. The lowest BCUT2D eigenvalue weighted by atomic mass is 9.88. The van der Waals surface area contributed by atoms with Gasteiger partial charge in [-0.1, -0.05) is 41.5 Å². The van der Waals surface area contributed by atoms with Gasteiger partial charge in [0.15, 0.2) is 0 Å². The fraction of sp³-hybridized carbons (Fsp3) is 0.789. The van der Waals surface area contributed by atoms with Crippen LogP contribution in [-0.4, -0.2) is 113 Å². The minimum absolute atomic E-state index is 0.00257. The number of carbonyl (C=O) groups is 8. The monoisotopic (exact) mass is 774 g/mol. The number of carbonyl (C=O) groups excluding carboxylic acids is 8. The van der Waals surface area contributed by atoms with E-state index in [0.29, 0.717) is 25.7 Å². The fourth-order valence-corrected chi connectivity index (χ4v) is 4.10. The number of ether oxygens (including phenoxy) is 8. The van der Waals surface area contributed by atoms with E-state index in [0.717, 1.165) is 0 Å². The van der Waals surface area contributed by atoms with Crippen LogP contribution in [0.2, 0.25) is 0 Å². The molecule has 310 valence electrons. The van der Waals surface area contributed by atoms with Crippen molar-refractivity contribution < 1.29 is 76.3 Å². The van der Waals surface area contributed by atoms with Crippen LogP contribution in [-0.2, 0) is 76.3 Å². The molecule has 0 radical (unpaired) electrons. The maximum absolute atomic E-state index is 11.9. The summed E-state index contributed by atoms with van der Waals surface area (Å²) in [6.07, 6.45) is 2.13. The summed E-state index contributed by atoms with van der Waals surface area (Å²) in [5.74, 6) is -2.81. The number of rotatable bonds is 31. The molecule has 0 aromatic heterocycles. The van der Waals surface area contributed by atoms with Crippen LogP contribution < -0.4 is 0 Å². The van der Waals surface area contributed by atoms with Crippen LogP contribution in [0.25, 0.3) is 0 Å². The molecule has 0 spiro atoms. The summed E-state index contributed by atoms with van der Waals surface area (Å²) in [6, 6.07) is 0. The molecule has 0 atom stereocenters. The van der Waals surface area contributed by atoms with E-state index in [4.69, 9.17) is 37.9 Å². The molecule has 16 nitrogen and oxygen atoms in total. The molecular formula is C38H62O16. The molecule has 0 bridgehead atoms. The predicted octanol–water partition coefficient (Wildman–Crippen LogP) is 4.19. The third-order valence-corrected chi connectivity index (χ3v) is 7.34. The Kier molecular flexibility index (Phi) is 27.3. The van der Waals surface area contributed by atoms with E-state index in [-0.39, 0.29) is 129 Å². The fourth-order valence-electron chi connectivity index (χ4n) is 4.10. The molecular weight excluding hydrogens is 712 g/mol. The maximum Gasteiger partial charge on any atom is 0.305 e. The summed E-state index contributed by atoms with van der Waals surface area (Å²) in [5, 5.41) is 0. The molecule has 0 aromatic rings. The largest absolute Gasteiger partial charge is 0.463 e. The van der Waals surface area contributed by atoms with Crippen LogP contribution in [0.4, 0.5) is 0 Å². The Morgan fingerprint density at radius 2 is 0.481 bits per heavy atom. The number of esters is 6. The average molecular weight is 775 g/mol. The minimum atomic E-state index is -0.528. The van der Waals surface area contributed by atoms with Crippen molar-refractivity contribution in [1.29, 1.82) is 0 Å². The van der Waals surface area contributed by atoms with Crippen LogP contribution in [0, 0.1) is 10.8 Å². The third kappa shape index (κ3) is 30.5. The lowest BCUT2D eigenvalue weighted by Crippen LogP contribution is -2.20. The molecule has 0 aliphatic carbocycles. The second-order valence-corrected chi connectivity index (χ2v) is 14.3. The topological polar surface area (TPSA) is 210 Å². The third-order valence-electron chi connectivity index (χ3n) is 7.34. The standard InChI is InChI=1S/C38H62O16/c1-37(2,3)29(39)11-7-13-31(41)51-25-27-53-35(45)17-9-15-33(43)49-23-21-47-19-20-48-22-24-50-34(44)16-10-18-36(46)54-28-26-52-32(42)14-8-12-30(40)38(4,5)6/h7-28H2,1-6H3. The van der Waals surface area contributed by atoms with Crippen molar-refractivity contribution in [3.63, 3.8) is 0 Å². The van der Waals surface area contributed by atoms with Crippen molar-refractivity contribution in [2.75, 3.05) is 66.1 Å². The summed E-state index contributed by atoms with van der Waals surface area (Å²) in [6.45, 7) is 11.4. The first-order valence-corrected chi connectivity index (χ1v) is 18.6. The minimum Gasteiger partial charge on any atom is -0.463 e. The second-order valence-electron chi connectivity index (χ2n) is 14.3. The van der Waals surface area contributed by atoms with E-state index in [2.05, 4.69) is 0 Å². The Labute approximate surface area is 318 Å². The van der Waals surface area contributed by atoms with Crippen LogP contribution in [0.15, 0.2) is 0 Å². The van der Waals surface area contributed by atoms with Gasteiger partial charge in [0.25, 0.3) is 0 Å².